The molecule has 2 aromatic heterocycles. The number of benzene rings is 1. The van der Waals surface area contributed by atoms with E-state index >= 15 is 0 Å². The Morgan fingerprint density at radius 1 is 1.29 bits per heavy atom. The average molecular weight is 603 g/mol. The summed E-state index contributed by atoms with van der Waals surface area (Å²) in [6.45, 7) is 6.80. The largest absolute Gasteiger partial charge is 0.465 e. The molecule has 0 aliphatic carbocycles. The van der Waals surface area contributed by atoms with E-state index in [1.165, 1.54) is 29.9 Å². The second kappa shape index (κ2) is 12.3. The molecule has 14 nitrogen and oxygen atoms in total. The molecule has 3 heterocycles. The molecule has 1 saturated heterocycles. The molecule has 1 aliphatic rings. The molecule has 15 heteroatoms. The standard InChI is InChI=1S/C27H35N6O8P/c1-17(25(36)38-13-12-26(2,3)4)32-42(37,41-18-8-6-5-7-9-18)39-15-27(14-28)23(35)21(34)22(40-27)19-10-11-20-24(29)30-16-31-33(19)20/h5-11,16-17,21-23,34-35H,12-13,15H2,1-4H3,(H,32,37)(H2,29,30,31)/t17-,21-,22-,23-,27+,42+/m0/s1. The first-order chi connectivity index (χ1) is 19.8. The maximum atomic E-state index is 13.9. The van der Waals surface area contributed by atoms with E-state index in [9.17, 15) is 24.8 Å². The Morgan fingerprint density at radius 3 is 2.67 bits per heavy atom. The average Bonchev–Trinajstić information content (AvgIpc) is 3.47. The van der Waals surface area contributed by atoms with Gasteiger partial charge in [-0.05, 0) is 43.0 Å². The number of para-hydroxylation sites is 1. The fourth-order valence-electron chi connectivity index (χ4n) is 4.24. The molecule has 0 unspecified atom stereocenters. The van der Waals surface area contributed by atoms with Gasteiger partial charge in [-0.3, -0.25) is 9.32 Å². The minimum atomic E-state index is -4.41. The van der Waals surface area contributed by atoms with Gasteiger partial charge in [0.05, 0.1) is 12.3 Å². The van der Waals surface area contributed by atoms with Crippen LogP contribution in [-0.4, -0.2) is 67.8 Å². The zero-order valence-corrected chi connectivity index (χ0v) is 24.6. The van der Waals surface area contributed by atoms with Crippen molar-refractivity contribution in [1.82, 2.24) is 19.7 Å². The molecular weight excluding hydrogens is 567 g/mol. The van der Waals surface area contributed by atoms with Gasteiger partial charge in [-0.25, -0.2) is 14.1 Å². The number of nitriles is 1. The number of aromatic nitrogens is 3. The number of fused-ring (bicyclic) bond motifs is 1. The van der Waals surface area contributed by atoms with Crippen molar-refractivity contribution in [3.63, 3.8) is 0 Å². The van der Waals surface area contributed by atoms with Crippen molar-refractivity contribution in [1.29, 1.82) is 5.26 Å². The van der Waals surface area contributed by atoms with Crippen LogP contribution in [0, 0.1) is 16.7 Å². The number of ether oxygens (including phenoxy) is 2. The summed E-state index contributed by atoms with van der Waals surface area (Å²) in [5.41, 5.74) is 4.37. The second-order valence-electron chi connectivity index (χ2n) is 11.2. The van der Waals surface area contributed by atoms with Crippen molar-refractivity contribution < 1.29 is 38.1 Å². The van der Waals surface area contributed by atoms with Gasteiger partial charge in [0, 0.05) is 0 Å². The predicted octanol–water partition coefficient (Wildman–Crippen LogP) is 2.53. The second-order valence-corrected chi connectivity index (χ2v) is 12.9. The van der Waals surface area contributed by atoms with Crippen LogP contribution in [0.3, 0.4) is 0 Å². The summed E-state index contributed by atoms with van der Waals surface area (Å²) in [6.07, 6.45) is -2.80. The van der Waals surface area contributed by atoms with E-state index in [1.807, 2.05) is 26.8 Å². The summed E-state index contributed by atoms with van der Waals surface area (Å²) >= 11 is 0. The number of anilines is 1. The van der Waals surface area contributed by atoms with E-state index in [4.69, 9.17) is 24.3 Å². The van der Waals surface area contributed by atoms with Crippen molar-refractivity contribution in [3.8, 4) is 11.8 Å². The SMILES string of the molecule is C[C@H](N[P@@](=O)(OC[C@@]1(C#N)O[C@@H](c2ccc3c(N)ncnn23)[C@H](O)[C@@H]1O)Oc1ccccc1)C(=O)OCCC(C)(C)C. The number of nitrogens with zero attached hydrogens (tertiary/aromatic N) is 4. The van der Waals surface area contributed by atoms with E-state index in [-0.39, 0.29) is 29.3 Å². The van der Waals surface area contributed by atoms with Gasteiger partial charge >= 0.3 is 13.7 Å². The number of carbonyl (C=O) groups excluding carboxylic acids is 1. The van der Waals surface area contributed by atoms with Crippen LogP contribution < -0.4 is 15.3 Å². The summed E-state index contributed by atoms with van der Waals surface area (Å²) < 4.78 is 37.8. The van der Waals surface area contributed by atoms with Crippen LogP contribution >= 0.6 is 7.75 Å². The van der Waals surface area contributed by atoms with Crippen LogP contribution in [0.5, 0.6) is 5.75 Å². The summed E-state index contributed by atoms with van der Waals surface area (Å²) in [4.78, 5) is 16.6. The lowest BCUT2D eigenvalue weighted by molar-refractivity contribution is -0.146. The Bertz CT molecular complexity index is 1490. The van der Waals surface area contributed by atoms with E-state index < -0.39 is 50.3 Å². The van der Waals surface area contributed by atoms with E-state index in [0.717, 1.165) is 0 Å². The van der Waals surface area contributed by atoms with E-state index in [1.54, 1.807) is 30.3 Å². The Kier molecular flexibility index (Phi) is 9.22. The van der Waals surface area contributed by atoms with Crippen LogP contribution in [0.4, 0.5) is 5.82 Å². The van der Waals surface area contributed by atoms with E-state index in [2.05, 4.69) is 15.2 Å². The molecule has 0 amide bonds. The summed E-state index contributed by atoms with van der Waals surface area (Å²) in [5.74, 6) is -0.366. The molecule has 4 rings (SSSR count). The van der Waals surface area contributed by atoms with Crippen LogP contribution in [0.1, 0.15) is 45.9 Å². The quantitative estimate of drug-likeness (QED) is 0.184. The number of esters is 1. The molecular formula is C27H35N6O8P. The minimum absolute atomic E-state index is 0.0609. The number of carbonyl (C=O) groups is 1. The summed E-state index contributed by atoms with van der Waals surface area (Å²) in [7, 11) is -4.41. The van der Waals surface area contributed by atoms with Crippen molar-refractivity contribution in [2.45, 2.75) is 64.1 Å². The van der Waals surface area contributed by atoms with Crippen LogP contribution in [0.25, 0.3) is 5.52 Å². The van der Waals surface area contributed by atoms with Gasteiger partial charge < -0.3 is 29.9 Å². The molecule has 1 aliphatic heterocycles. The summed E-state index contributed by atoms with van der Waals surface area (Å²) in [6, 6.07) is 11.9. The Hall–Kier alpha value is -3.57. The van der Waals surface area contributed by atoms with Gasteiger partial charge in [-0.2, -0.15) is 15.4 Å². The van der Waals surface area contributed by atoms with Crippen LogP contribution in [-0.2, 0) is 23.4 Å². The van der Waals surface area contributed by atoms with Gasteiger partial charge in [0.2, 0.25) is 5.60 Å². The van der Waals surface area contributed by atoms with Gasteiger partial charge in [-0.15, -0.1) is 0 Å². The third-order valence-electron chi connectivity index (χ3n) is 6.66. The highest BCUT2D eigenvalue weighted by Gasteiger charge is 2.57. The lowest BCUT2D eigenvalue weighted by Crippen LogP contribution is -2.46. The molecule has 1 aromatic carbocycles. The molecule has 3 aromatic rings. The van der Waals surface area contributed by atoms with Gasteiger partial charge in [0.1, 0.15) is 54.6 Å². The molecule has 0 saturated carbocycles. The number of rotatable bonds is 11. The first-order valence-corrected chi connectivity index (χ1v) is 14.8. The highest BCUT2D eigenvalue weighted by molar-refractivity contribution is 7.52. The normalized spacial score (nSPS) is 24.5. The number of nitrogens with one attached hydrogen (secondary N) is 1. The number of aliphatic hydroxyl groups is 2. The lowest BCUT2D eigenvalue weighted by Gasteiger charge is -2.28. The van der Waals surface area contributed by atoms with Crippen LogP contribution in [0.15, 0.2) is 48.8 Å². The van der Waals surface area contributed by atoms with Crippen molar-refractivity contribution in [2.24, 2.45) is 5.41 Å². The molecule has 6 atom stereocenters. The fourth-order valence-corrected chi connectivity index (χ4v) is 5.76. The first-order valence-electron chi connectivity index (χ1n) is 13.2. The molecule has 5 N–H and O–H groups in total. The number of nitrogen functional groups attached to an aromatic ring is 1. The number of hydrogen-bond acceptors (Lipinski definition) is 12. The highest BCUT2D eigenvalue weighted by Crippen LogP contribution is 2.48. The topological polar surface area (TPSA) is 204 Å². The lowest BCUT2D eigenvalue weighted by atomic mass is 9.93. The van der Waals surface area contributed by atoms with E-state index in [0.29, 0.717) is 11.9 Å². The number of nitrogens with two attached hydrogens (primary N) is 1. The Balaban J connectivity index is 1.54. The Labute approximate surface area is 242 Å². The molecule has 0 bridgehead atoms. The first kappa shape index (κ1) is 31.4. The molecule has 42 heavy (non-hydrogen) atoms. The van der Waals surface area contributed by atoms with Gasteiger partial charge in [0.25, 0.3) is 0 Å². The fraction of sp³-hybridized carbons (Fsp3) is 0.481. The maximum Gasteiger partial charge on any atom is 0.459 e. The van der Waals surface area contributed by atoms with Crippen molar-refractivity contribution >= 4 is 25.1 Å². The zero-order valence-electron chi connectivity index (χ0n) is 23.7. The van der Waals surface area contributed by atoms with Gasteiger partial charge in [0.15, 0.2) is 5.82 Å². The smallest absolute Gasteiger partial charge is 0.459 e. The number of aliphatic hydroxyl groups excluding tert-OH is 2. The minimum Gasteiger partial charge on any atom is -0.465 e. The molecule has 0 spiro atoms. The third-order valence-corrected chi connectivity index (χ3v) is 8.28. The third kappa shape index (κ3) is 6.90. The predicted molar refractivity (Wildman–Crippen MR) is 150 cm³/mol. The van der Waals surface area contributed by atoms with Crippen molar-refractivity contribution in [2.75, 3.05) is 18.9 Å². The molecule has 226 valence electrons. The highest BCUT2D eigenvalue weighted by atomic mass is 31.2. The van der Waals surface area contributed by atoms with Crippen molar-refractivity contribution in [3.05, 3.63) is 54.5 Å². The van der Waals surface area contributed by atoms with Gasteiger partial charge in [-0.1, -0.05) is 39.0 Å². The molecule has 0 radical (unpaired) electrons. The Morgan fingerprint density at radius 2 is 2.00 bits per heavy atom. The van der Waals surface area contributed by atoms with Crippen LogP contribution in [0.2, 0.25) is 0 Å². The monoisotopic (exact) mass is 602 g/mol. The maximum absolute atomic E-state index is 13.9. The summed E-state index contributed by atoms with van der Waals surface area (Å²) in [5, 5.41) is 38.6. The zero-order chi connectivity index (χ0) is 30.7. The molecule has 1 fully saturated rings. The number of hydrogen-bond donors (Lipinski definition) is 4.